The van der Waals surface area contributed by atoms with E-state index >= 15 is 0 Å². The zero-order valence-corrected chi connectivity index (χ0v) is 13.5. The van der Waals surface area contributed by atoms with Crippen LogP contribution in [0.1, 0.15) is 36.5 Å². The Balaban J connectivity index is 1.39. The molecule has 0 amide bonds. The molecule has 118 valence electrons. The van der Waals surface area contributed by atoms with Crippen molar-refractivity contribution in [2.75, 3.05) is 6.61 Å². The zero-order chi connectivity index (χ0) is 15.9. The molecule has 0 heterocycles. The molecule has 2 aliphatic carbocycles. The summed E-state index contributed by atoms with van der Waals surface area (Å²) in [5.41, 5.74) is 0.949. The van der Waals surface area contributed by atoms with Crippen LogP contribution in [0.5, 0.6) is 0 Å². The quantitative estimate of drug-likeness (QED) is 0.587. The number of fused-ring (bicyclic) bond motifs is 3. The van der Waals surface area contributed by atoms with Crippen LogP contribution in [0.4, 0.5) is 0 Å². The molecule has 2 bridgehead atoms. The van der Waals surface area contributed by atoms with Crippen LogP contribution in [0.2, 0.25) is 0 Å². The van der Waals surface area contributed by atoms with Gasteiger partial charge < -0.3 is 4.74 Å². The molecule has 0 spiro atoms. The molecule has 2 heteroatoms. The average molecular weight is 306 g/mol. The molecule has 2 aromatic carbocycles. The minimum Gasteiger partial charge on any atom is -0.462 e. The van der Waals surface area contributed by atoms with E-state index < -0.39 is 0 Å². The Morgan fingerprint density at radius 1 is 1.17 bits per heavy atom. The molecule has 3 atom stereocenters. The van der Waals surface area contributed by atoms with E-state index in [1.54, 1.807) is 0 Å². The smallest absolute Gasteiger partial charge is 0.338 e. The number of carbonyl (C=O) groups is 1. The van der Waals surface area contributed by atoms with Crippen LogP contribution in [0.15, 0.2) is 54.6 Å². The molecule has 0 radical (unpaired) electrons. The standard InChI is InChI=1S/C21H22O2/c1-21(14-15-6-9-19(21)12-15)10-11-23-20(22)18-8-7-16-4-2-3-5-17(16)13-18/h2-9,13,15,19H,10-12,14H2,1H3. The van der Waals surface area contributed by atoms with Gasteiger partial charge in [0.1, 0.15) is 0 Å². The summed E-state index contributed by atoms with van der Waals surface area (Å²) in [5.74, 6) is 1.21. The minimum atomic E-state index is -0.210. The largest absolute Gasteiger partial charge is 0.462 e. The Kier molecular flexibility index (Phi) is 3.48. The zero-order valence-electron chi connectivity index (χ0n) is 13.5. The van der Waals surface area contributed by atoms with E-state index in [4.69, 9.17) is 4.74 Å². The van der Waals surface area contributed by atoms with Crippen molar-refractivity contribution in [3.05, 3.63) is 60.2 Å². The van der Waals surface area contributed by atoms with Crippen LogP contribution in [-0.4, -0.2) is 12.6 Å². The van der Waals surface area contributed by atoms with Crippen molar-refractivity contribution < 1.29 is 9.53 Å². The highest BCUT2D eigenvalue weighted by molar-refractivity contribution is 5.95. The highest BCUT2D eigenvalue weighted by Crippen LogP contribution is 2.53. The number of allylic oxidation sites excluding steroid dienone is 2. The fourth-order valence-electron chi connectivity index (χ4n) is 4.26. The number of hydrogen-bond acceptors (Lipinski definition) is 2. The summed E-state index contributed by atoms with van der Waals surface area (Å²) in [7, 11) is 0. The molecule has 0 N–H and O–H groups in total. The molecule has 0 aliphatic heterocycles. The van der Waals surface area contributed by atoms with E-state index in [9.17, 15) is 4.79 Å². The maximum Gasteiger partial charge on any atom is 0.338 e. The van der Waals surface area contributed by atoms with Crippen molar-refractivity contribution in [1.29, 1.82) is 0 Å². The van der Waals surface area contributed by atoms with Gasteiger partial charge >= 0.3 is 5.97 Å². The average Bonchev–Trinajstić information content (AvgIpc) is 3.14. The topological polar surface area (TPSA) is 26.3 Å². The molecule has 0 saturated heterocycles. The third-order valence-electron chi connectivity index (χ3n) is 5.69. The predicted molar refractivity (Wildman–Crippen MR) is 92.3 cm³/mol. The summed E-state index contributed by atoms with van der Waals surface area (Å²) in [5, 5.41) is 2.22. The lowest BCUT2D eigenvalue weighted by molar-refractivity contribution is 0.0433. The minimum absolute atomic E-state index is 0.210. The van der Waals surface area contributed by atoms with Gasteiger partial charge in [-0.1, -0.05) is 49.4 Å². The maximum atomic E-state index is 12.3. The second-order valence-corrected chi connectivity index (χ2v) is 7.29. The third kappa shape index (κ3) is 2.67. The van der Waals surface area contributed by atoms with Gasteiger partial charge in [0.25, 0.3) is 0 Å². The van der Waals surface area contributed by atoms with Gasteiger partial charge in [-0.25, -0.2) is 4.79 Å². The van der Waals surface area contributed by atoms with Gasteiger partial charge in [0.15, 0.2) is 0 Å². The molecule has 1 fully saturated rings. The highest BCUT2D eigenvalue weighted by atomic mass is 16.5. The summed E-state index contributed by atoms with van der Waals surface area (Å²) in [6.07, 6.45) is 8.20. The number of hydrogen-bond donors (Lipinski definition) is 0. The molecule has 0 aromatic heterocycles. The summed E-state index contributed by atoms with van der Waals surface area (Å²) >= 11 is 0. The van der Waals surface area contributed by atoms with E-state index in [-0.39, 0.29) is 5.97 Å². The molecule has 2 aromatic rings. The fraction of sp³-hybridized carbons (Fsp3) is 0.381. The van der Waals surface area contributed by atoms with Gasteiger partial charge in [0.05, 0.1) is 12.2 Å². The van der Waals surface area contributed by atoms with E-state index in [1.165, 1.54) is 12.8 Å². The Morgan fingerprint density at radius 3 is 2.74 bits per heavy atom. The second-order valence-electron chi connectivity index (χ2n) is 7.29. The number of carbonyl (C=O) groups excluding carboxylic acids is 1. The Morgan fingerprint density at radius 2 is 2.00 bits per heavy atom. The van der Waals surface area contributed by atoms with Crippen LogP contribution in [0.3, 0.4) is 0 Å². The van der Waals surface area contributed by atoms with Crippen molar-refractivity contribution in [3.8, 4) is 0 Å². The van der Waals surface area contributed by atoms with Gasteiger partial charge in [-0.05, 0) is 59.4 Å². The van der Waals surface area contributed by atoms with Gasteiger partial charge in [-0.2, -0.15) is 0 Å². The van der Waals surface area contributed by atoms with Gasteiger partial charge in [-0.3, -0.25) is 0 Å². The predicted octanol–water partition coefficient (Wildman–Crippen LogP) is 4.99. The van der Waals surface area contributed by atoms with Crippen molar-refractivity contribution in [2.45, 2.75) is 26.2 Å². The van der Waals surface area contributed by atoms with Crippen LogP contribution < -0.4 is 0 Å². The lowest BCUT2D eigenvalue weighted by atomic mass is 9.75. The van der Waals surface area contributed by atoms with E-state index in [0.717, 1.165) is 23.1 Å². The van der Waals surface area contributed by atoms with Crippen LogP contribution in [-0.2, 0) is 4.74 Å². The number of benzene rings is 2. The second kappa shape index (κ2) is 5.52. The Hall–Kier alpha value is -2.09. The first kappa shape index (κ1) is 14.5. The van der Waals surface area contributed by atoms with Crippen LogP contribution >= 0.6 is 0 Å². The lowest BCUT2D eigenvalue weighted by Gasteiger charge is -2.31. The van der Waals surface area contributed by atoms with E-state index in [0.29, 0.717) is 23.5 Å². The fourth-order valence-corrected chi connectivity index (χ4v) is 4.26. The number of rotatable bonds is 4. The molecule has 2 nitrogen and oxygen atoms in total. The monoisotopic (exact) mass is 306 g/mol. The van der Waals surface area contributed by atoms with Crippen molar-refractivity contribution >= 4 is 16.7 Å². The van der Waals surface area contributed by atoms with E-state index in [2.05, 4.69) is 19.1 Å². The lowest BCUT2D eigenvalue weighted by Crippen LogP contribution is -2.24. The first-order valence-electron chi connectivity index (χ1n) is 8.48. The normalized spacial score (nSPS) is 28.4. The van der Waals surface area contributed by atoms with E-state index in [1.807, 2.05) is 42.5 Å². The van der Waals surface area contributed by atoms with Crippen LogP contribution in [0.25, 0.3) is 10.8 Å². The molecule has 1 saturated carbocycles. The van der Waals surface area contributed by atoms with Crippen molar-refractivity contribution in [2.24, 2.45) is 17.3 Å². The van der Waals surface area contributed by atoms with Crippen molar-refractivity contribution in [1.82, 2.24) is 0 Å². The van der Waals surface area contributed by atoms with Crippen LogP contribution in [0, 0.1) is 17.3 Å². The summed E-state index contributed by atoms with van der Waals surface area (Å²) in [4.78, 5) is 12.3. The summed E-state index contributed by atoms with van der Waals surface area (Å²) < 4.78 is 5.55. The maximum absolute atomic E-state index is 12.3. The van der Waals surface area contributed by atoms with Crippen molar-refractivity contribution in [3.63, 3.8) is 0 Å². The molecular weight excluding hydrogens is 284 g/mol. The number of ether oxygens (including phenoxy) is 1. The third-order valence-corrected chi connectivity index (χ3v) is 5.69. The van der Waals surface area contributed by atoms with Gasteiger partial charge in [0, 0.05) is 0 Å². The molecule has 23 heavy (non-hydrogen) atoms. The SMILES string of the molecule is CC1(CCOC(=O)c2ccc3ccccc3c2)CC2C=CC1C2. The van der Waals surface area contributed by atoms with Gasteiger partial charge in [-0.15, -0.1) is 0 Å². The summed E-state index contributed by atoms with van der Waals surface area (Å²) in [6, 6.07) is 13.8. The summed E-state index contributed by atoms with van der Waals surface area (Å²) in [6.45, 7) is 2.85. The molecule has 4 rings (SSSR count). The molecule has 3 unspecified atom stereocenters. The Labute approximate surface area is 137 Å². The molecule has 2 aliphatic rings. The first-order valence-corrected chi connectivity index (χ1v) is 8.48. The number of esters is 1. The highest BCUT2D eigenvalue weighted by Gasteiger charge is 2.44. The first-order chi connectivity index (χ1) is 11.1. The van der Waals surface area contributed by atoms with Gasteiger partial charge in [0.2, 0.25) is 0 Å². The molecular formula is C21H22O2. The Bertz CT molecular complexity index is 776.